The Bertz CT molecular complexity index is 783. The van der Waals surface area contributed by atoms with Crippen LogP contribution in [0.2, 0.25) is 0 Å². The number of rotatable bonds is 5. The summed E-state index contributed by atoms with van der Waals surface area (Å²) in [6.07, 6.45) is 0. The predicted octanol–water partition coefficient (Wildman–Crippen LogP) is 4.33. The number of hydrogen-bond donors (Lipinski definition) is 2. The van der Waals surface area contributed by atoms with Crippen LogP contribution in [0.15, 0.2) is 66.7 Å². The molecule has 0 saturated carbocycles. The maximum absolute atomic E-state index is 13.0. The van der Waals surface area contributed by atoms with Crippen LogP contribution >= 0.6 is 0 Å². The van der Waals surface area contributed by atoms with Crippen molar-refractivity contribution in [2.45, 2.75) is 19.0 Å². The average molecular weight is 308 g/mol. The molecule has 3 N–H and O–H groups in total. The van der Waals surface area contributed by atoms with Gasteiger partial charge in [0.1, 0.15) is 5.82 Å². The number of nitrogens with one attached hydrogen (secondary N) is 1. The smallest absolute Gasteiger partial charge is 0.123 e. The van der Waals surface area contributed by atoms with Gasteiger partial charge in [-0.1, -0.05) is 48.5 Å². The maximum Gasteiger partial charge on any atom is 0.123 e. The lowest BCUT2D eigenvalue weighted by molar-refractivity contribution is 0.527. The van der Waals surface area contributed by atoms with Crippen molar-refractivity contribution >= 4 is 10.8 Å². The molecule has 3 heteroatoms. The molecule has 0 heterocycles. The minimum Gasteiger partial charge on any atom is -0.323 e. The zero-order chi connectivity index (χ0) is 16.2. The van der Waals surface area contributed by atoms with Gasteiger partial charge in [-0.15, -0.1) is 0 Å². The van der Waals surface area contributed by atoms with Crippen molar-refractivity contribution < 1.29 is 4.39 Å². The number of fused-ring (bicyclic) bond motifs is 1. The Labute approximate surface area is 136 Å². The zero-order valence-corrected chi connectivity index (χ0v) is 13.2. The van der Waals surface area contributed by atoms with Crippen LogP contribution in [0.1, 0.15) is 30.1 Å². The third-order valence-corrected chi connectivity index (χ3v) is 4.22. The van der Waals surface area contributed by atoms with Gasteiger partial charge in [0, 0.05) is 18.6 Å². The molecule has 2 nitrogen and oxygen atoms in total. The van der Waals surface area contributed by atoms with E-state index in [0.717, 1.165) is 5.56 Å². The highest BCUT2D eigenvalue weighted by atomic mass is 19.1. The average Bonchev–Trinajstić information content (AvgIpc) is 2.59. The van der Waals surface area contributed by atoms with Gasteiger partial charge < -0.3 is 11.1 Å². The van der Waals surface area contributed by atoms with Gasteiger partial charge in [-0.2, -0.15) is 0 Å². The van der Waals surface area contributed by atoms with Crippen LogP contribution in [0.4, 0.5) is 4.39 Å². The Morgan fingerprint density at radius 1 is 0.913 bits per heavy atom. The molecule has 0 bridgehead atoms. The van der Waals surface area contributed by atoms with Crippen molar-refractivity contribution in [1.82, 2.24) is 5.32 Å². The molecule has 0 radical (unpaired) electrons. The molecule has 2 unspecified atom stereocenters. The van der Waals surface area contributed by atoms with Gasteiger partial charge in [0.2, 0.25) is 0 Å². The SMILES string of the molecule is CC(NCC(N)c1ccc(F)cc1)c1ccc2ccccc2c1. The van der Waals surface area contributed by atoms with E-state index in [4.69, 9.17) is 5.73 Å². The molecular weight excluding hydrogens is 287 g/mol. The molecule has 0 fully saturated rings. The molecule has 0 spiro atoms. The third kappa shape index (κ3) is 3.76. The summed E-state index contributed by atoms with van der Waals surface area (Å²) in [7, 11) is 0. The molecule has 0 aliphatic rings. The highest BCUT2D eigenvalue weighted by molar-refractivity contribution is 5.83. The van der Waals surface area contributed by atoms with E-state index in [1.165, 1.54) is 28.5 Å². The van der Waals surface area contributed by atoms with E-state index in [9.17, 15) is 4.39 Å². The first-order chi connectivity index (χ1) is 11.1. The van der Waals surface area contributed by atoms with E-state index in [-0.39, 0.29) is 17.9 Å². The first-order valence-corrected chi connectivity index (χ1v) is 7.86. The molecule has 2 atom stereocenters. The Hall–Kier alpha value is -2.23. The quantitative estimate of drug-likeness (QED) is 0.736. The van der Waals surface area contributed by atoms with E-state index >= 15 is 0 Å². The van der Waals surface area contributed by atoms with Crippen LogP contribution in [-0.4, -0.2) is 6.54 Å². The van der Waals surface area contributed by atoms with E-state index in [1.54, 1.807) is 12.1 Å². The van der Waals surface area contributed by atoms with Crippen molar-refractivity contribution in [3.05, 3.63) is 83.7 Å². The van der Waals surface area contributed by atoms with Gasteiger partial charge >= 0.3 is 0 Å². The number of benzene rings is 3. The Balaban J connectivity index is 1.65. The van der Waals surface area contributed by atoms with Crippen LogP contribution in [-0.2, 0) is 0 Å². The van der Waals surface area contributed by atoms with E-state index in [1.807, 2.05) is 6.07 Å². The molecule has 3 aromatic carbocycles. The first-order valence-electron chi connectivity index (χ1n) is 7.86. The number of hydrogen-bond acceptors (Lipinski definition) is 2. The van der Waals surface area contributed by atoms with Crippen molar-refractivity contribution in [3.8, 4) is 0 Å². The molecule has 0 saturated heterocycles. The van der Waals surface area contributed by atoms with E-state index in [2.05, 4.69) is 48.6 Å². The maximum atomic E-state index is 13.0. The van der Waals surface area contributed by atoms with Crippen molar-refractivity contribution in [3.63, 3.8) is 0 Å². The van der Waals surface area contributed by atoms with Gasteiger partial charge in [-0.05, 0) is 47.0 Å². The third-order valence-electron chi connectivity index (χ3n) is 4.22. The molecule has 0 amide bonds. The number of halogens is 1. The summed E-state index contributed by atoms with van der Waals surface area (Å²) in [6.45, 7) is 2.76. The second-order valence-electron chi connectivity index (χ2n) is 5.89. The van der Waals surface area contributed by atoms with Crippen LogP contribution in [0.5, 0.6) is 0 Å². The fraction of sp³-hybridized carbons (Fsp3) is 0.200. The summed E-state index contributed by atoms with van der Waals surface area (Å²) in [6, 6.07) is 21.2. The standard InChI is InChI=1S/C20H21FN2/c1-14(17-7-6-15-4-2-3-5-18(15)12-17)23-13-20(22)16-8-10-19(21)11-9-16/h2-12,14,20,23H,13,22H2,1H3. The fourth-order valence-corrected chi connectivity index (χ4v) is 2.73. The lowest BCUT2D eigenvalue weighted by Gasteiger charge is -2.19. The summed E-state index contributed by atoms with van der Waals surface area (Å²) in [5.74, 6) is -0.238. The topological polar surface area (TPSA) is 38.0 Å². The minimum absolute atomic E-state index is 0.154. The first kappa shape index (κ1) is 15.7. The van der Waals surface area contributed by atoms with Gasteiger partial charge in [0.05, 0.1) is 0 Å². The highest BCUT2D eigenvalue weighted by Gasteiger charge is 2.10. The molecule has 3 aromatic rings. The van der Waals surface area contributed by atoms with Crippen molar-refractivity contribution in [2.75, 3.05) is 6.54 Å². The van der Waals surface area contributed by atoms with Crippen molar-refractivity contribution in [2.24, 2.45) is 5.73 Å². The summed E-state index contributed by atoms with van der Waals surface area (Å²) < 4.78 is 13.0. The molecule has 23 heavy (non-hydrogen) atoms. The molecule has 0 aromatic heterocycles. The van der Waals surface area contributed by atoms with Gasteiger partial charge in [0.15, 0.2) is 0 Å². The molecule has 0 aliphatic carbocycles. The van der Waals surface area contributed by atoms with Crippen LogP contribution in [0.25, 0.3) is 10.8 Å². The predicted molar refractivity (Wildman–Crippen MR) is 93.7 cm³/mol. The lowest BCUT2D eigenvalue weighted by Crippen LogP contribution is -2.29. The highest BCUT2D eigenvalue weighted by Crippen LogP contribution is 2.20. The normalized spacial score (nSPS) is 13.9. The Kier molecular flexibility index (Phi) is 4.70. The zero-order valence-electron chi connectivity index (χ0n) is 13.2. The van der Waals surface area contributed by atoms with Crippen molar-refractivity contribution in [1.29, 1.82) is 0 Å². The summed E-state index contributed by atoms with van der Waals surface area (Å²) in [5.41, 5.74) is 8.34. The summed E-state index contributed by atoms with van der Waals surface area (Å²) in [4.78, 5) is 0. The van der Waals surface area contributed by atoms with Crippen LogP contribution in [0, 0.1) is 5.82 Å². The monoisotopic (exact) mass is 308 g/mol. The Morgan fingerprint density at radius 3 is 2.30 bits per heavy atom. The second-order valence-corrected chi connectivity index (χ2v) is 5.89. The van der Waals surface area contributed by atoms with E-state index in [0.29, 0.717) is 6.54 Å². The van der Waals surface area contributed by atoms with Gasteiger partial charge in [-0.25, -0.2) is 4.39 Å². The lowest BCUT2D eigenvalue weighted by atomic mass is 10.0. The van der Waals surface area contributed by atoms with Crippen LogP contribution in [0.3, 0.4) is 0 Å². The van der Waals surface area contributed by atoms with Gasteiger partial charge in [0.25, 0.3) is 0 Å². The fourth-order valence-electron chi connectivity index (χ4n) is 2.73. The summed E-state index contributed by atoms with van der Waals surface area (Å²) >= 11 is 0. The van der Waals surface area contributed by atoms with Gasteiger partial charge in [-0.3, -0.25) is 0 Å². The molecular formula is C20H21FN2. The molecule has 118 valence electrons. The Morgan fingerprint density at radius 2 is 1.57 bits per heavy atom. The summed E-state index contributed by atoms with van der Waals surface area (Å²) in [5, 5.41) is 5.94. The number of nitrogens with two attached hydrogens (primary N) is 1. The molecule has 3 rings (SSSR count). The molecule has 0 aliphatic heterocycles. The largest absolute Gasteiger partial charge is 0.323 e. The minimum atomic E-state index is -0.238. The van der Waals surface area contributed by atoms with E-state index < -0.39 is 0 Å². The van der Waals surface area contributed by atoms with Crippen LogP contribution < -0.4 is 11.1 Å². The second kappa shape index (κ2) is 6.90.